The van der Waals surface area contributed by atoms with Crippen molar-refractivity contribution in [3.63, 3.8) is 0 Å². The Balaban J connectivity index is 1.39. The third kappa shape index (κ3) is 7.72. The molecule has 4 rings (SSSR count). The molecule has 0 bridgehead atoms. The Bertz CT molecular complexity index is 1030. The van der Waals surface area contributed by atoms with Gasteiger partial charge in [-0.2, -0.15) is 0 Å². The van der Waals surface area contributed by atoms with E-state index in [9.17, 15) is 14.7 Å². The second-order valence-electron chi connectivity index (χ2n) is 17.6. The molecule has 0 aromatic heterocycles. The molecule has 0 aliphatic heterocycles. The highest BCUT2D eigenvalue weighted by molar-refractivity contribution is 5.80. The molecule has 0 aromatic rings. The summed E-state index contributed by atoms with van der Waals surface area (Å²) in [6.45, 7) is 21.0. The maximum absolute atomic E-state index is 13.3. The zero-order chi connectivity index (χ0) is 32.0. The number of esters is 2. The number of ether oxygens (including phenoxy) is 2. The summed E-state index contributed by atoms with van der Waals surface area (Å²) in [4.78, 5) is 25.8. The zero-order valence-corrected chi connectivity index (χ0v) is 29.3. The minimum Gasteiger partial charge on any atom is -0.462 e. The first-order valence-corrected chi connectivity index (χ1v) is 17.7. The lowest BCUT2D eigenvalue weighted by Crippen LogP contribution is -2.51. The standard InChI is InChI=1S/C38H64O5/c1-24(2)29(23-33(39)43-35(4,5)6)34(40)42-27-17-20-37(9)26(22-27)13-14-28-31-16-15-30(38(31,10)21-18-32(28)37)25(3)12-11-19-36(7,8)41/h13,24-25,27-32,41H,11-12,14-23H2,1-10H3/t25-,27+,28+,29+,30-,31+,32+,37+,38-/m1/s1. The summed E-state index contributed by atoms with van der Waals surface area (Å²) in [6.07, 6.45) is 15.1. The number of hydrogen-bond acceptors (Lipinski definition) is 5. The Morgan fingerprint density at radius 2 is 1.70 bits per heavy atom. The van der Waals surface area contributed by atoms with Crippen LogP contribution in [0.1, 0.15) is 146 Å². The number of allylic oxidation sites excluding steroid dienone is 1. The van der Waals surface area contributed by atoms with Crippen LogP contribution in [0.25, 0.3) is 0 Å². The van der Waals surface area contributed by atoms with Gasteiger partial charge in [-0.15, -0.1) is 0 Å². The fourth-order valence-electron chi connectivity index (χ4n) is 10.2. The van der Waals surface area contributed by atoms with Gasteiger partial charge in [-0.05, 0) is 132 Å². The number of carbonyl (C=O) groups excluding carboxylic acids is 2. The van der Waals surface area contributed by atoms with E-state index in [2.05, 4.69) is 26.8 Å². The molecule has 43 heavy (non-hydrogen) atoms. The van der Waals surface area contributed by atoms with Crippen LogP contribution in [0.4, 0.5) is 0 Å². The lowest BCUT2D eigenvalue weighted by molar-refractivity contribution is -0.166. The zero-order valence-electron chi connectivity index (χ0n) is 29.3. The molecule has 3 fully saturated rings. The van der Waals surface area contributed by atoms with Crippen LogP contribution in [-0.2, 0) is 19.1 Å². The summed E-state index contributed by atoms with van der Waals surface area (Å²) >= 11 is 0. The molecule has 0 saturated heterocycles. The van der Waals surface area contributed by atoms with Crippen molar-refractivity contribution in [3.05, 3.63) is 11.6 Å². The Kier molecular flexibility index (Phi) is 10.3. The number of hydrogen-bond donors (Lipinski definition) is 1. The molecule has 9 atom stereocenters. The van der Waals surface area contributed by atoms with Crippen molar-refractivity contribution in [2.75, 3.05) is 0 Å². The summed E-state index contributed by atoms with van der Waals surface area (Å²) in [5, 5.41) is 10.2. The monoisotopic (exact) mass is 600 g/mol. The molecule has 5 nitrogen and oxygen atoms in total. The predicted octanol–water partition coefficient (Wildman–Crippen LogP) is 9.06. The second-order valence-corrected chi connectivity index (χ2v) is 17.6. The summed E-state index contributed by atoms with van der Waals surface area (Å²) in [6, 6.07) is 0. The molecular weight excluding hydrogens is 536 g/mol. The van der Waals surface area contributed by atoms with Crippen molar-refractivity contribution >= 4 is 11.9 Å². The van der Waals surface area contributed by atoms with Crippen molar-refractivity contribution in [1.82, 2.24) is 0 Å². The fourth-order valence-corrected chi connectivity index (χ4v) is 10.2. The van der Waals surface area contributed by atoms with Gasteiger partial charge >= 0.3 is 11.9 Å². The first-order valence-electron chi connectivity index (χ1n) is 17.7. The topological polar surface area (TPSA) is 72.8 Å². The maximum Gasteiger partial charge on any atom is 0.310 e. The largest absolute Gasteiger partial charge is 0.462 e. The molecule has 0 heterocycles. The molecular formula is C38H64O5. The van der Waals surface area contributed by atoms with E-state index < -0.39 is 17.1 Å². The van der Waals surface area contributed by atoms with Gasteiger partial charge in [-0.3, -0.25) is 9.59 Å². The van der Waals surface area contributed by atoms with Crippen molar-refractivity contribution < 1.29 is 24.2 Å². The van der Waals surface area contributed by atoms with E-state index >= 15 is 0 Å². The smallest absolute Gasteiger partial charge is 0.310 e. The second kappa shape index (κ2) is 12.8. The van der Waals surface area contributed by atoms with Gasteiger partial charge in [-0.1, -0.05) is 59.1 Å². The molecule has 1 N–H and O–H groups in total. The Morgan fingerprint density at radius 1 is 1.00 bits per heavy atom. The molecule has 0 unspecified atom stereocenters. The SMILES string of the molecule is CC(C)[C@H](CC(=O)OC(C)(C)C)C(=O)O[C@H]1CC[C@@]2(C)C(=CC[C@H]3[C@@H]4CC[C@H]([C@H](C)CCCC(C)(C)O)[C@@]4(C)CC[C@@H]32)C1. The number of rotatable bonds is 10. The summed E-state index contributed by atoms with van der Waals surface area (Å²) in [5.74, 6) is 2.76. The molecule has 3 saturated carbocycles. The van der Waals surface area contributed by atoms with E-state index in [1.165, 1.54) is 44.1 Å². The lowest BCUT2D eigenvalue weighted by Gasteiger charge is -2.58. The highest BCUT2D eigenvalue weighted by atomic mass is 16.6. The highest BCUT2D eigenvalue weighted by Gasteiger charge is 2.59. The minimum absolute atomic E-state index is 0.0135. The molecule has 0 aromatic carbocycles. The summed E-state index contributed by atoms with van der Waals surface area (Å²) < 4.78 is 11.7. The van der Waals surface area contributed by atoms with Gasteiger partial charge in [0.05, 0.1) is 17.9 Å². The van der Waals surface area contributed by atoms with Crippen molar-refractivity contribution in [1.29, 1.82) is 0 Å². The Labute approximate surface area is 263 Å². The average Bonchev–Trinajstić information content (AvgIpc) is 3.22. The number of aliphatic hydroxyl groups is 1. The van der Waals surface area contributed by atoms with Crippen LogP contribution in [0.3, 0.4) is 0 Å². The first kappa shape index (κ1) is 34.5. The minimum atomic E-state index is -0.562. The molecule has 5 heteroatoms. The molecule has 4 aliphatic rings. The quantitative estimate of drug-likeness (QED) is 0.200. The van der Waals surface area contributed by atoms with E-state index in [0.717, 1.165) is 55.8 Å². The van der Waals surface area contributed by atoms with E-state index in [1.807, 2.05) is 48.5 Å². The summed E-state index contributed by atoms with van der Waals surface area (Å²) in [7, 11) is 0. The van der Waals surface area contributed by atoms with Crippen LogP contribution in [-0.4, -0.2) is 34.4 Å². The third-order valence-electron chi connectivity index (χ3n) is 12.5. The van der Waals surface area contributed by atoms with Gasteiger partial charge in [0.1, 0.15) is 11.7 Å². The van der Waals surface area contributed by atoms with Crippen LogP contribution in [0.5, 0.6) is 0 Å². The van der Waals surface area contributed by atoms with Gasteiger partial charge in [0, 0.05) is 6.42 Å². The van der Waals surface area contributed by atoms with Gasteiger partial charge in [0.25, 0.3) is 0 Å². The van der Waals surface area contributed by atoms with Crippen LogP contribution < -0.4 is 0 Å². The van der Waals surface area contributed by atoms with Gasteiger partial charge < -0.3 is 14.6 Å². The lowest BCUT2D eigenvalue weighted by atomic mass is 9.47. The maximum atomic E-state index is 13.3. The summed E-state index contributed by atoms with van der Waals surface area (Å²) in [5.41, 5.74) is 1.04. The third-order valence-corrected chi connectivity index (χ3v) is 12.5. The number of fused-ring (bicyclic) bond motifs is 5. The van der Waals surface area contributed by atoms with Crippen LogP contribution in [0, 0.1) is 52.3 Å². The van der Waals surface area contributed by atoms with Crippen LogP contribution >= 0.6 is 0 Å². The Hall–Kier alpha value is -1.36. The van der Waals surface area contributed by atoms with E-state index in [1.54, 1.807) is 0 Å². The van der Waals surface area contributed by atoms with Gasteiger partial charge in [0.15, 0.2) is 0 Å². The van der Waals surface area contributed by atoms with Crippen LogP contribution in [0.2, 0.25) is 0 Å². The highest BCUT2D eigenvalue weighted by Crippen LogP contribution is 2.67. The first-order chi connectivity index (χ1) is 19.8. The molecule has 0 amide bonds. The van der Waals surface area contributed by atoms with Crippen LogP contribution in [0.15, 0.2) is 11.6 Å². The van der Waals surface area contributed by atoms with Crippen molar-refractivity contribution in [2.24, 2.45) is 52.3 Å². The number of carbonyl (C=O) groups is 2. The molecule has 4 aliphatic carbocycles. The molecule has 0 spiro atoms. The van der Waals surface area contributed by atoms with E-state index in [-0.39, 0.29) is 35.8 Å². The van der Waals surface area contributed by atoms with Crippen molar-refractivity contribution in [3.8, 4) is 0 Å². The van der Waals surface area contributed by atoms with Gasteiger partial charge in [0.2, 0.25) is 0 Å². The fraction of sp³-hybridized carbons (Fsp3) is 0.895. The predicted molar refractivity (Wildman–Crippen MR) is 173 cm³/mol. The molecule has 0 radical (unpaired) electrons. The average molecular weight is 601 g/mol. The molecule has 246 valence electrons. The van der Waals surface area contributed by atoms with E-state index in [4.69, 9.17) is 9.47 Å². The Morgan fingerprint density at radius 3 is 2.33 bits per heavy atom. The normalized spacial score (nSPS) is 35.7. The van der Waals surface area contributed by atoms with Crippen molar-refractivity contribution in [2.45, 2.75) is 164 Å². The van der Waals surface area contributed by atoms with E-state index in [0.29, 0.717) is 11.3 Å². The van der Waals surface area contributed by atoms with Gasteiger partial charge in [-0.25, -0.2) is 0 Å².